The molecule has 0 bridgehead atoms. The molecule has 2 nitrogen and oxygen atoms in total. The first-order chi connectivity index (χ1) is 19.3. The van der Waals surface area contributed by atoms with Gasteiger partial charge in [-0.2, -0.15) is 0 Å². The molecule has 2 heteroatoms. The Morgan fingerprint density at radius 3 is 1.31 bits per heavy atom. The summed E-state index contributed by atoms with van der Waals surface area (Å²) in [5.74, 6) is 0.329. The second-order valence-electron chi connectivity index (χ2n) is 9.93. The second kappa shape index (κ2) is 11.3. The van der Waals surface area contributed by atoms with Crippen LogP contribution < -0.4 is 9.80 Å². The summed E-state index contributed by atoms with van der Waals surface area (Å²) in [6.07, 6.45) is 7.05. The normalized spacial score (nSPS) is 16.4. The van der Waals surface area contributed by atoms with Gasteiger partial charge in [0, 0.05) is 28.4 Å². The van der Waals surface area contributed by atoms with Crippen LogP contribution in [0.25, 0.3) is 5.57 Å². The van der Waals surface area contributed by atoms with E-state index in [4.69, 9.17) is 0 Å². The van der Waals surface area contributed by atoms with Crippen molar-refractivity contribution in [2.75, 3.05) is 9.80 Å². The summed E-state index contributed by atoms with van der Waals surface area (Å²) in [7, 11) is 0. The van der Waals surface area contributed by atoms with E-state index in [-0.39, 0.29) is 6.04 Å². The molecule has 2 unspecified atom stereocenters. The number of hydrogen-bond acceptors (Lipinski definition) is 2. The Kier molecular flexibility index (Phi) is 7.09. The van der Waals surface area contributed by atoms with E-state index in [9.17, 15) is 0 Å². The van der Waals surface area contributed by atoms with Crippen LogP contribution in [-0.4, -0.2) is 6.04 Å². The molecule has 190 valence electrons. The lowest BCUT2D eigenvalue weighted by Crippen LogP contribution is -2.35. The zero-order chi connectivity index (χ0) is 26.4. The monoisotopic (exact) mass is 504 g/mol. The van der Waals surface area contributed by atoms with Crippen LogP contribution in [-0.2, 0) is 0 Å². The van der Waals surface area contributed by atoms with E-state index in [1.165, 1.54) is 22.5 Å². The average Bonchev–Trinajstić information content (AvgIpc) is 3.01. The number of rotatable bonds is 7. The van der Waals surface area contributed by atoms with Gasteiger partial charge in [0.1, 0.15) is 0 Å². The Bertz CT molecular complexity index is 1460. The zero-order valence-corrected chi connectivity index (χ0v) is 22.1. The summed E-state index contributed by atoms with van der Waals surface area (Å²) >= 11 is 0. The standard InChI is InChI=1S/C37H32N2/c1-29-28-31(24-27-37(29)39(34-18-10-4-11-19-34)35-20-12-5-13-21-35)30-22-25-36(26-23-30)38(32-14-6-2-7-15-32)33-16-8-3-9-17-33/h2-29,37H,1H3. The molecule has 0 spiro atoms. The van der Waals surface area contributed by atoms with Gasteiger partial charge >= 0.3 is 0 Å². The molecule has 0 aliphatic heterocycles. The number of allylic oxidation sites excluding steroid dienone is 2. The predicted molar refractivity (Wildman–Crippen MR) is 166 cm³/mol. The number of anilines is 5. The third-order valence-electron chi connectivity index (χ3n) is 7.31. The van der Waals surface area contributed by atoms with Crippen molar-refractivity contribution >= 4 is 34.0 Å². The van der Waals surface area contributed by atoms with Crippen LogP contribution in [0.5, 0.6) is 0 Å². The molecule has 39 heavy (non-hydrogen) atoms. The average molecular weight is 505 g/mol. The Hall–Kier alpha value is -4.82. The molecular formula is C37H32N2. The van der Waals surface area contributed by atoms with Crippen LogP contribution in [0.3, 0.4) is 0 Å². The highest BCUT2D eigenvalue weighted by Crippen LogP contribution is 2.37. The van der Waals surface area contributed by atoms with Crippen molar-refractivity contribution in [3.63, 3.8) is 0 Å². The minimum Gasteiger partial charge on any atom is -0.334 e. The van der Waals surface area contributed by atoms with Gasteiger partial charge in [0.15, 0.2) is 0 Å². The van der Waals surface area contributed by atoms with E-state index in [0.717, 1.165) is 17.1 Å². The molecule has 1 aliphatic carbocycles. The number of hydrogen-bond donors (Lipinski definition) is 0. The van der Waals surface area contributed by atoms with Crippen LogP contribution in [0.4, 0.5) is 28.4 Å². The van der Waals surface area contributed by atoms with E-state index < -0.39 is 0 Å². The van der Waals surface area contributed by atoms with Crippen molar-refractivity contribution in [2.24, 2.45) is 5.92 Å². The second-order valence-corrected chi connectivity index (χ2v) is 9.93. The largest absolute Gasteiger partial charge is 0.334 e. The highest BCUT2D eigenvalue weighted by molar-refractivity contribution is 5.81. The van der Waals surface area contributed by atoms with Gasteiger partial charge in [0.2, 0.25) is 0 Å². The van der Waals surface area contributed by atoms with E-state index in [0.29, 0.717) is 5.92 Å². The van der Waals surface area contributed by atoms with Gasteiger partial charge in [-0.15, -0.1) is 0 Å². The maximum absolute atomic E-state index is 2.44. The lowest BCUT2D eigenvalue weighted by Gasteiger charge is -2.36. The highest BCUT2D eigenvalue weighted by Gasteiger charge is 2.26. The predicted octanol–water partition coefficient (Wildman–Crippen LogP) is 9.95. The van der Waals surface area contributed by atoms with Crippen LogP contribution >= 0.6 is 0 Å². The fourth-order valence-electron chi connectivity index (χ4n) is 5.40. The van der Waals surface area contributed by atoms with Crippen LogP contribution in [0, 0.1) is 5.92 Å². The number of nitrogens with zero attached hydrogens (tertiary/aromatic N) is 2. The smallest absolute Gasteiger partial charge is 0.0585 e. The first-order valence-electron chi connectivity index (χ1n) is 13.6. The Balaban J connectivity index is 1.28. The van der Waals surface area contributed by atoms with E-state index in [2.05, 4.69) is 181 Å². The molecular weight excluding hydrogens is 472 g/mol. The van der Waals surface area contributed by atoms with Gasteiger partial charge in [-0.25, -0.2) is 0 Å². The van der Waals surface area contributed by atoms with Gasteiger partial charge in [0.25, 0.3) is 0 Å². The van der Waals surface area contributed by atoms with Crippen molar-refractivity contribution < 1.29 is 0 Å². The molecule has 0 N–H and O–H groups in total. The summed E-state index contributed by atoms with van der Waals surface area (Å²) < 4.78 is 0. The van der Waals surface area contributed by atoms with Gasteiger partial charge in [-0.05, 0) is 77.7 Å². The van der Waals surface area contributed by atoms with Crippen molar-refractivity contribution in [3.8, 4) is 0 Å². The van der Waals surface area contributed by atoms with Crippen molar-refractivity contribution in [1.82, 2.24) is 0 Å². The molecule has 0 amide bonds. The minimum atomic E-state index is 0.226. The summed E-state index contributed by atoms with van der Waals surface area (Å²) in [6.45, 7) is 2.31. The molecule has 2 atom stereocenters. The lowest BCUT2D eigenvalue weighted by molar-refractivity contribution is 0.611. The number of benzene rings is 5. The Morgan fingerprint density at radius 1 is 0.462 bits per heavy atom. The highest BCUT2D eigenvalue weighted by atomic mass is 15.2. The van der Waals surface area contributed by atoms with Gasteiger partial charge < -0.3 is 9.80 Å². The lowest BCUT2D eigenvalue weighted by atomic mass is 9.88. The third kappa shape index (κ3) is 5.28. The third-order valence-corrected chi connectivity index (χ3v) is 7.31. The summed E-state index contributed by atoms with van der Waals surface area (Å²) in [6, 6.07) is 51.6. The number of para-hydroxylation sites is 4. The molecule has 0 fully saturated rings. The fourth-order valence-corrected chi connectivity index (χ4v) is 5.40. The zero-order valence-electron chi connectivity index (χ0n) is 22.1. The first-order valence-corrected chi connectivity index (χ1v) is 13.6. The fraction of sp³-hybridized carbons (Fsp3) is 0.0811. The van der Waals surface area contributed by atoms with Crippen LogP contribution in [0.2, 0.25) is 0 Å². The topological polar surface area (TPSA) is 6.48 Å². The molecule has 1 aliphatic rings. The first kappa shape index (κ1) is 24.5. The SMILES string of the molecule is CC1C=C(c2ccc(N(c3ccccc3)c3ccccc3)cc2)C=CC1N(c1ccccc1)c1ccccc1. The van der Waals surface area contributed by atoms with E-state index in [1.807, 2.05) is 0 Å². The molecule has 5 aromatic rings. The Labute approximate surface area is 231 Å². The van der Waals surface area contributed by atoms with Gasteiger partial charge in [-0.1, -0.05) is 110 Å². The van der Waals surface area contributed by atoms with Crippen molar-refractivity contribution in [1.29, 1.82) is 0 Å². The van der Waals surface area contributed by atoms with Gasteiger partial charge in [-0.3, -0.25) is 0 Å². The van der Waals surface area contributed by atoms with E-state index >= 15 is 0 Å². The molecule has 0 aromatic heterocycles. The Morgan fingerprint density at radius 2 is 0.872 bits per heavy atom. The molecule has 5 aromatic carbocycles. The van der Waals surface area contributed by atoms with Gasteiger partial charge in [0.05, 0.1) is 6.04 Å². The molecule has 0 saturated heterocycles. The molecule has 0 heterocycles. The molecule has 0 radical (unpaired) electrons. The van der Waals surface area contributed by atoms with Crippen molar-refractivity contribution in [2.45, 2.75) is 13.0 Å². The van der Waals surface area contributed by atoms with Crippen molar-refractivity contribution in [3.05, 3.63) is 169 Å². The summed E-state index contributed by atoms with van der Waals surface area (Å²) in [5.41, 5.74) is 8.33. The summed E-state index contributed by atoms with van der Waals surface area (Å²) in [5, 5.41) is 0. The van der Waals surface area contributed by atoms with E-state index in [1.54, 1.807) is 0 Å². The maximum atomic E-state index is 2.44. The quantitative estimate of drug-likeness (QED) is 0.218. The molecule has 6 rings (SSSR count). The maximum Gasteiger partial charge on any atom is 0.0585 e. The van der Waals surface area contributed by atoms with Crippen LogP contribution in [0.15, 0.2) is 164 Å². The minimum absolute atomic E-state index is 0.226. The summed E-state index contributed by atoms with van der Waals surface area (Å²) in [4.78, 5) is 4.74. The van der Waals surface area contributed by atoms with Crippen LogP contribution in [0.1, 0.15) is 12.5 Å². The molecule has 0 saturated carbocycles.